The Morgan fingerprint density at radius 3 is 2.38 bits per heavy atom. The average molecular weight is 224 g/mol. The lowest BCUT2D eigenvalue weighted by Gasteiger charge is -1.98. The lowest BCUT2D eigenvalue weighted by atomic mass is 10.1. The zero-order valence-corrected chi connectivity index (χ0v) is 7.90. The van der Waals surface area contributed by atoms with Crippen molar-refractivity contribution in [2.75, 3.05) is 0 Å². The lowest BCUT2D eigenvalue weighted by Crippen LogP contribution is -1.83. The number of hydrogen-bond acceptors (Lipinski definition) is 0. The number of hydrogen-bond donors (Lipinski definition) is 0. The van der Waals surface area contributed by atoms with Crippen LogP contribution < -0.4 is 0 Å². The van der Waals surface area contributed by atoms with E-state index < -0.39 is 0 Å². The monoisotopic (exact) mass is 224 g/mol. The van der Waals surface area contributed by atoms with Gasteiger partial charge in [0.25, 0.3) is 0 Å². The van der Waals surface area contributed by atoms with Crippen molar-refractivity contribution in [3.8, 4) is 0 Å². The molecular weight excluding hydrogens is 211 g/mol. The van der Waals surface area contributed by atoms with Crippen LogP contribution in [0.25, 0.3) is 0 Å². The van der Waals surface area contributed by atoms with E-state index in [0.29, 0.717) is 0 Å². The number of rotatable bonds is 2. The zero-order valence-electron chi connectivity index (χ0n) is 5.74. The van der Waals surface area contributed by atoms with E-state index in [1.54, 1.807) is 0 Å². The minimum absolute atomic E-state index is 0.756. The minimum Gasteiger partial charge on any atom is -0.0727 e. The Kier molecular flexibility index (Phi) is 4.61. The molecule has 0 aliphatic carbocycles. The van der Waals surface area contributed by atoms with Gasteiger partial charge in [0.2, 0.25) is 0 Å². The van der Waals surface area contributed by atoms with Crippen molar-refractivity contribution in [1.82, 2.24) is 0 Å². The topological polar surface area (TPSA) is 0 Å². The van der Waals surface area contributed by atoms with Gasteiger partial charge in [0, 0.05) is 0 Å². The molecular formula is C7H13I. The van der Waals surface area contributed by atoms with Crippen molar-refractivity contribution in [2.24, 2.45) is 5.92 Å². The maximum Gasteiger partial charge on any atom is -0.0162 e. The summed E-state index contributed by atoms with van der Waals surface area (Å²) in [4.78, 5) is 0. The molecule has 1 atom stereocenters. The Morgan fingerprint density at radius 2 is 2.25 bits per heavy atom. The summed E-state index contributed by atoms with van der Waals surface area (Å²) in [6, 6.07) is 0. The highest BCUT2D eigenvalue weighted by molar-refractivity contribution is 14.1. The van der Waals surface area contributed by atoms with E-state index in [4.69, 9.17) is 0 Å². The SMILES string of the molecule is CCC(C)/C=C(/C)I. The Morgan fingerprint density at radius 1 is 1.75 bits per heavy atom. The van der Waals surface area contributed by atoms with Crippen molar-refractivity contribution in [3.63, 3.8) is 0 Å². The second-order valence-electron chi connectivity index (χ2n) is 2.14. The standard InChI is InChI=1S/C7H13I/c1-4-6(2)5-7(3)8/h5-6H,4H2,1-3H3/b7-5-. The largest absolute Gasteiger partial charge is 0.0727 e. The highest BCUT2D eigenvalue weighted by Crippen LogP contribution is 2.10. The van der Waals surface area contributed by atoms with E-state index in [1.807, 2.05) is 0 Å². The summed E-state index contributed by atoms with van der Waals surface area (Å²) < 4.78 is 1.40. The fourth-order valence-electron chi connectivity index (χ4n) is 0.510. The molecule has 0 radical (unpaired) electrons. The third-order valence-corrected chi connectivity index (χ3v) is 1.52. The molecule has 0 nitrogen and oxygen atoms in total. The summed E-state index contributed by atoms with van der Waals surface area (Å²) in [5.41, 5.74) is 0. The van der Waals surface area contributed by atoms with Gasteiger partial charge in [-0.05, 0) is 39.0 Å². The predicted molar refractivity (Wildman–Crippen MR) is 47.2 cm³/mol. The van der Waals surface area contributed by atoms with Crippen LogP contribution in [0.15, 0.2) is 9.66 Å². The molecule has 1 unspecified atom stereocenters. The summed E-state index contributed by atoms with van der Waals surface area (Å²) in [6.07, 6.45) is 3.54. The molecule has 0 aromatic heterocycles. The van der Waals surface area contributed by atoms with Gasteiger partial charge in [-0.25, -0.2) is 0 Å². The molecule has 0 aromatic rings. The summed E-state index contributed by atoms with van der Waals surface area (Å²) in [5.74, 6) is 0.756. The fraction of sp³-hybridized carbons (Fsp3) is 0.714. The van der Waals surface area contributed by atoms with E-state index in [9.17, 15) is 0 Å². The highest BCUT2D eigenvalue weighted by atomic mass is 127. The Labute approximate surface area is 65.5 Å². The van der Waals surface area contributed by atoms with Gasteiger partial charge in [-0.3, -0.25) is 0 Å². The van der Waals surface area contributed by atoms with E-state index in [1.165, 1.54) is 10.0 Å². The maximum absolute atomic E-state index is 2.34. The van der Waals surface area contributed by atoms with E-state index >= 15 is 0 Å². The second-order valence-corrected chi connectivity index (χ2v) is 3.84. The van der Waals surface area contributed by atoms with Crippen LogP contribution in [0.1, 0.15) is 27.2 Å². The van der Waals surface area contributed by atoms with Crippen LogP contribution >= 0.6 is 22.6 Å². The van der Waals surface area contributed by atoms with Gasteiger partial charge in [0.15, 0.2) is 0 Å². The number of allylic oxidation sites excluding steroid dienone is 2. The summed E-state index contributed by atoms with van der Waals surface area (Å²) in [7, 11) is 0. The van der Waals surface area contributed by atoms with Crippen LogP contribution in [-0.2, 0) is 0 Å². The molecule has 0 aromatic carbocycles. The molecule has 0 spiro atoms. The quantitative estimate of drug-likeness (QED) is 0.631. The molecule has 48 valence electrons. The molecule has 0 rings (SSSR count). The molecule has 0 bridgehead atoms. The predicted octanol–water partition coefficient (Wildman–Crippen LogP) is 3.37. The first-order valence-corrected chi connectivity index (χ1v) is 4.08. The highest BCUT2D eigenvalue weighted by Gasteiger charge is 1.90. The molecule has 0 fully saturated rings. The number of halogens is 1. The Bertz CT molecular complexity index is 80.4. The Balaban J connectivity index is 3.51. The minimum atomic E-state index is 0.756. The van der Waals surface area contributed by atoms with Gasteiger partial charge in [-0.2, -0.15) is 0 Å². The summed E-state index contributed by atoms with van der Waals surface area (Å²) >= 11 is 2.34. The molecule has 0 aliphatic heterocycles. The van der Waals surface area contributed by atoms with E-state index in [2.05, 4.69) is 49.4 Å². The average Bonchev–Trinajstić information content (AvgIpc) is 1.65. The smallest absolute Gasteiger partial charge is 0.0162 e. The van der Waals surface area contributed by atoms with Crippen LogP contribution in [0.2, 0.25) is 0 Å². The first kappa shape index (κ1) is 8.47. The third-order valence-electron chi connectivity index (χ3n) is 1.16. The molecule has 0 saturated carbocycles. The molecule has 8 heavy (non-hydrogen) atoms. The molecule has 0 amide bonds. The second kappa shape index (κ2) is 4.36. The molecule has 0 N–H and O–H groups in total. The van der Waals surface area contributed by atoms with Crippen molar-refractivity contribution in [1.29, 1.82) is 0 Å². The van der Waals surface area contributed by atoms with Crippen LogP contribution in [0.4, 0.5) is 0 Å². The first-order chi connectivity index (χ1) is 3.66. The van der Waals surface area contributed by atoms with Gasteiger partial charge >= 0.3 is 0 Å². The van der Waals surface area contributed by atoms with Crippen LogP contribution in [0.5, 0.6) is 0 Å². The maximum atomic E-state index is 2.34. The Hall–Kier alpha value is 0.470. The zero-order chi connectivity index (χ0) is 6.57. The van der Waals surface area contributed by atoms with Crippen LogP contribution in [-0.4, -0.2) is 0 Å². The molecule has 1 heteroatoms. The van der Waals surface area contributed by atoms with Crippen molar-refractivity contribution >= 4 is 22.6 Å². The van der Waals surface area contributed by atoms with Crippen molar-refractivity contribution in [3.05, 3.63) is 9.66 Å². The molecule has 0 saturated heterocycles. The van der Waals surface area contributed by atoms with Gasteiger partial charge < -0.3 is 0 Å². The van der Waals surface area contributed by atoms with Gasteiger partial charge in [0.05, 0.1) is 0 Å². The first-order valence-electron chi connectivity index (χ1n) is 3.00. The van der Waals surface area contributed by atoms with Crippen LogP contribution in [0.3, 0.4) is 0 Å². The van der Waals surface area contributed by atoms with Crippen molar-refractivity contribution in [2.45, 2.75) is 27.2 Å². The van der Waals surface area contributed by atoms with Gasteiger partial charge in [-0.1, -0.05) is 26.3 Å². The van der Waals surface area contributed by atoms with Crippen LogP contribution in [0, 0.1) is 5.92 Å². The fourth-order valence-corrected chi connectivity index (χ4v) is 1.12. The van der Waals surface area contributed by atoms with Gasteiger partial charge in [-0.15, -0.1) is 0 Å². The van der Waals surface area contributed by atoms with Gasteiger partial charge in [0.1, 0.15) is 0 Å². The van der Waals surface area contributed by atoms with Crippen molar-refractivity contribution < 1.29 is 0 Å². The summed E-state index contributed by atoms with van der Waals surface area (Å²) in [6.45, 7) is 6.58. The summed E-state index contributed by atoms with van der Waals surface area (Å²) in [5, 5.41) is 0. The third kappa shape index (κ3) is 4.62. The molecule has 0 aliphatic rings. The normalized spacial score (nSPS) is 16.2. The van der Waals surface area contributed by atoms with E-state index in [0.717, 1.165) is 5.92 Å². The lowest BCUT2D eigenvalue weighted by molar-refractivity contribution is 0.697. The molecule has 0 heterocycles. The van der Waals surface area contributed by atoms with E-state index in [-0.39, 0.29) is 0 Å².